The Balaban J connectivity index is 1.43. The highest BCUT2D eigenvalue weighted by Gasteiger charge is 2.53. The van der Waals surface area contributed by atoms with Gasteiger partial charge >= 0.3 is 0 Å². The van der Waals surface area contributed by atoms with E-state index in [4.69, 9.17) is 14.0 Å². The van der Waals surface area contributed by atoms with Crippen LogP contribution in [-0.2, 0) is 16.6 Å². The van der Waals surface area contributed by atoms with Crippen LogP contribution in [0.5, 0.6) is 11.5 Å². The molecule has 1 aliphatic rings. The normalized spacial score (nSPS) is 14.2. The lowest BCUT2D eigenvalue weighted by atomic mass is 10.00. The Morgan fingerprint density at radius 1 is 1.10 bits per heavy atom. The molecule has 1 saturated carbocycles. The van der Waals surface area contributed by atoms with Crippen molar-refractivity contribution in [3.8, 4) is 22.8 Å². The number of hydrogen-bond acceptors (Lipinski definition) is 5. The molecule has 0 saturated heterocycles. The van der Waals surface area contributed by atoms with Crippen molar-refractivity contribution in [3.63, 3.8) is 0 Å². The van der Waals surface area contributed by atoms with E-state index < -0.39 is 5.41 Å². The van der Waals surface area contributed by atoms with E-state index >= 15 is 0 Å². The Hall–Kier alpha value is -3.35. The van der Waals surface area contributed by atoms with E-state index in [0.29, 0.717) is 35.9 Å². The molecule has 0 atom stereocenters. The molecule has 6 nitrogen and oxygen atoms in total. The Bertz CT molecular complexity index is 1040. The highest BCUT2D eigenvalue weighted by molar-refractivity contribution is 5.91. The SMILES string of the molecule is COc1ccc(-c2cc(C3(C(=O)NCCc4ccc(F)cc4)CC3)no2)cc1OC. The molecule has 0 spiro atoms. The fourth-order valence-electron chi connectivity index (χ4n) is 3.49. The van der Waals surface area contributed by atoms with Gasteiger partial charge in [-0.2, -0.15) is 0 Å². The minimum absolute atomic E-state index is 0.0585. The van der Waals surface area contributed by atoms with Gasteiger partial charge in [0, 0.05) is 18.2 Å². The number of ether oxygens (including phenoxy) is 2. The Morgan fingerprint density at radius 2 is 1.83 bits per heavy atom. The molecular formula is C23H23FN2O4. The number of nitrogens with zero attached hydrogens (tertiary/aromatic N) is 1. The first-order valence-corrected chi connectivity index (χ1v) is 9.78. The van der Waals surface area contributed by atoms with Gasteiger partial charge in [0.2, 0.25) is 5.91 Å². The van der Waals surface area contributed by atoms with Gasteiger partial charge in [0.05, 0.1) is 25.3 Å². The monoisotopic (exact) mass is 410 g/mol. The highest BCUT2D eigenvalue weighted by atomic mass is 19.1. The minimum Gasteiger partial charge on any atom is -0.493 e. The fraction of sp³-hybridized carbons (Fsp3) is 0.304. The molecule has 1 aromatic heterocycles. The summed E-state index contributed by atoms with van der Waals surface area (Å²) in [6.45, 7) is 0.479. The largest absolute Gasteiger partial charge is 0.493 e. The Kier molecular flexibility index (Phi) is 5.44. The summed E-state index contributed by atoms with van der Waals surface area (Å²) in [5.74, 6) is 1.46. The molecule has 7 heteroatoms. The molecule has 2 aromatic carbocycles. The zero-order chi connectivity index (χ0) is 21.1. The van der Waals surface area contributed by atoms with Gasteiger partial charge in [0.15, 0.2) is 17.3 Å². The van der Waals surface area contributed by atoms with Crippen molar-refractivity contribution < 1.29 is 23.2 Å². The maximum Gasteiger partial charge on any atom is 0.232 e. The van der Waals surface area contributed by atoms with Gasteiger partial charge in [-0.05, 0) is 55.2 Å². The topological polar surface area (TPSA) is 73.6 Å². The van der Waals surface area contributed by atoms with Gasteiger partial charge in [-0.1, -0.05) is 17.3 Å². The molecule has 0 aliphatic heterocycles. The minimum atomic E-state index is -0.638. The van der Waals surface area contributed by atoms with E-state index in [0.717, 1.165) is 24.0 Å². The number of benzene rings is 2. The average Bonchev–Trinajstić information content (AvgIpc) is 3.44. The van der Waals surface area contributed by atoms with E-state index in [1.807, 2.05) is 18.2 Å². The third kappa shape index (κ3) is 3.87. The van der Waals surface area contributed by atoms with Crippen LogP contribution in [0.25, 0.3) is 11.3 Å². The molecule has 3 aromatic rings. The van der Waals surface area contributed by atoms with Gasteiger partial charge in [0.1, 0.15) is 5.82 Å². The molecule has 4 rings (SSSR count). The molecule has 0 radical (unpaired) electrons. The van der Waals surface area contributed by atoms with Gasteiger partial charge in [-0.15, -0.1) is 0 Å². The van der Waals surface area contributed by atoms with Crippen LogP contribution < -0.4 is 14.8 Å². The number of methoxy groups -OCH3 is 2. The summed E-state index contributed by atoms with van der Waals surface area (Å²) < 4.78 is 29.1. The first-order chi connectivity index (χ1) is 14.6. The van der Waals surface area contributed by atoms with Crippen molar-refractivity contribution in [3.05, 3.63) is 65.6 Å². The molecule has 1 fully saturated rings. The van der Waals surface area contributed by atoms with Crippen LogP contribution in [-0.4, -0.2) is 31.8 Å². The summed E-state index contributed by atoms with van der Waals surface area (Å²) in [5, 5.41) is 7.15. The quantitative estimate of drug-likeness (QED) is 0.610. The second-order valence-corrected chi connectivity index (χ2v) is 7.36. The average molecular weight is 410 g/mol. The summed E-state index contributed by atoms with van der Waals surface area (Å²) in [7, 11) is 3.15. The van der Waals surface area contributed by atoms with Crippen molar-refractivity contribution in [1.29, 1.82) is 0 Å². The molecule has 1 N–H and O–H groups in total. The lowest BCUT2D eigenvalue weighted by Crippen LogP contribution is -2.36. The van der Waals surface area contributed by atoms with Crippen LogP contribution in [0.15, 0.2) is 53.1 Å². The third-order valence-electron chi connectivity index (χ3n) is 5.47. The zero-order valence-corrected chi connectivity index (χ0v) is 16.9. The van der Waals surface area contributed by atoms with Crippen molar-refractivity contribution in [1.82, 2.24) is 10.5 Å². The van der Waals surface area contributed by atoms with Gasteiger partial charge in [-0.25, -0.2) is 4.39 Å². The Morgan fingerprint density at radius 3 is 2.50 bits per heavy atom. The molecule has 30 heavy (non-hydrogen) atoms. The maximum absolute atomic E-state index is 13.0. The number of hydrogen-bond donors (Lipinski definition) is 1. The molecule has 0 unspecified atom stereocenters. The lowest BCUT2D eigenvalue weighted by molar-refractivity contribution is -0.123. The molecular weight excluding hydrogens is 387 g/mol. The van der Waals surface area contributed by atoms with Crippen LogP contribution in [0.2, 0.25) is 0 Å². The predicted molar refractivity (Wildman–Crippen MR) is 109 cm³/mol. The summed E-state index contributed by atoms with van der Waals surface area (Å²) in [4.78, 5) is 12.8. The zero-order valence-electron chi connectivity index (χ0n) is 16.9. The second kappa shape index (κ2) is 8.18. The summed E-state index contributed by atoms with van der Waals surface area (Å²) in [5.41, 5.74) is 1.75. The lowest BCUT2D eigenvalue weighted by Gasteiger charge is -2.12. The number of halogens is 1. The number of carbonyl (C=O) groups excluding carboxylic acids is 1. The summed E-state index contributed by atoms with van der Waals surface area (Å²) >= 11 is 0. The second-order valence-electron chi connectivity index (χ2n) is 7.36. The van der Waals surface area contributed by atoms with Crippen LogP contribution in [0, 0.1) is 5.82 Å². The summed E-state index contributed by atoms with van der Waals surface area (Å²) in [6, 6.07) is 13.6. The smallest absolute Gasteiger partial charge is 0.232 e. The van der Waals surface area contributed by atoms with E-state index in [-0.39, 0.29) is 11.7 Å². The van der Waals surface area contributed by atoms with Crippen LogP contribution in [0.1, 0.15) is 24.1 Å². The van der Waals surface area contributed by atoms with E-state index in [9.17, 15) is 9.18 Å². The number of carbonyl (C=O) groups is 1. The van der Waals surface area contributed by atoms with Crippen molar-refractivity contribution in [2.75, 3.05) is 20.8 Å². The van der Waals surface area contributed by atoms with Crippen molar-refractivity contribution in [2.45, 2.75) is 24.7 Å². The Labute approximate surface area is 174 Å². The van der Waals surface area contributed by atoms with Crippen molar-refractivity contribution in [2.24, 2.45) is 0 Å². The fourth-order valence-corrected chi connectivity index (χ4v) is 3.49. The summed E-state index contributed by atoms with van der Waals surface area (Å²) in [6.07, 6.45) is 2.10. The predicted octanol–water partition coefficient (Wildman–Crippen LogP) is 3.89. The van der Waals surface area contributed by atoms with E-state index in [1.165, 1.54) is 12.1 Å². The first kappa shape index (κ1) is 19.9. The molecule has 1 aliphatic carbocycles. The highest BCUT2D eigenvalue weighted by Crippen LogP contribution is 2.48. The van der Waals surface area contributed by atoms with Gasteiger partial charge in [0.25, 0.3) is 0 Å². The van der Waals surface area contributed by atoms with E-state index in [1.54, 1.807) is 32.4 Å². The molecule has 156 valence electrons. The van der Waals surface area contributed by atoms with Crippen LogP contribution in [0.3, 0.4) is 0 Å². The van der Waals surface area contributed by atoms with Gasteiger partial charge < -0.3 is 19.3 Å². The van der Waals surface area contributed by atoms with Crippen molar-refractivity contribution >= 4 is 5.91 Å². The van der Waals surface area contributed by atoms with Gasteiger partial charge in [-0.3, -0.25) is 4.79 Å². The van der Waals surface area contributed by atoms with Crippen LogP contribution >= 0.6 is 0 Å². The van der Waals surface area contributed by atoms with Crippen LogP contribution in [0.4, 0.5) is 4.39 Å². The standard InChI is InChI=1S/C23H23FN2O4/c1-28-18-8-5-16(13-20(18)29-2)19-14-21(26-30-19)23(10-11-23)22(27)25-12-9-15-3-6-17(24)7-4-15/h3-8,13-14H,9-12H2,1-2H3,(H,25,27). The van der Waals surface area contributed by atoms with E-state index in [2.05, 4.69) is 10.5 Å². The molecule has 0 bridgehead atoms. The number of aromatic nitrogens is 1. The number of nitrogens with one attached hydrogen (secondary N) is 1. The first-order valence-electron chi connectivity index (χ1n) is 9.78. The molecule has 1 heterocycles. The maximum atomic E-state index is 13.0. The number of amides is 1. The molecule has 1 amide bonds. The third-order valence-corrected chi connectivity index (χ3v) is 5.47. The number of rotatable bonds is 8.